The second-order valence-electron chi connectivity index (χ2n) is 18.1. The lowest BCUT2D eigenvalue weighted by molar-refractivity contribution is -0.160. The molecule has 1 unspecified atom stereocenters. The van der Waals surface area contributed by atoms with Gasteiger partial charge in [0.1, 0.15) is 29.8 Å². The van der Waals surface area contributed by atoms with Crippen LogP contribution in [0.15, 0.2) is 24.3 Å². The third-order valence-corrected chi connectivity index (χ3v) is 10.1. The number of carbonyl (C=O) groups is 6. The molecule has 4 N–H and O–H groups in total. The Balaban J connectivity index is 1.78. The lowest BCUT2D eigenvalue weighted by atomic mass is 9.85. The zero-order valence-corrected chi connectivity index (χ0v) is 33.6. The molecule has 0 aromatic heterocycles. The maximum absolute atomic E-state index is 14.4. The molecule has 2 aliphatic rings. The molecule has 0 spiro atoms. The van der Waals surface area contributed by atoms with E-state index in [9.17, 15) is 37.5 Å². The Hall–Kier alpha value is -4.30. The first kappa shape index (κ1) is 44.1. The molecule has 15 heteroatoms. The second-order valence-corrected chi connectivity index (χ2v) is 18.1. The summed E-state index contributed by atoms with van der Waals surface area (Å²) in [5.41, 5.74) is -1.63. The Kier molecular flexibility index (Phi) is 13.6. The maximum Gasteiger partial charge on any atom is 0.337 e. The van der Waals surface area contributed by atoms with E-state index in [0.717, 1.165) is 5.56 Å². The van der Waals surface area contributed by atoms with Gasteiger partial charge in [-0.3, -0.25) is 14.4 Å². The van der Waals surface area contributed by atoms with Crippen LogP contribution in [0.4, 0.5) is 13.6 Å². The third-order valence-electron chi connectivity index (χ3n) is 10.1. The number of likely N-dealkylation sites (tertiary alicyclic amines) is 1. The summed E-state index contributed by atoms with van der Waals surface area (Å²) in [4.78, 5) is 81.2. The highest BCUT2D eigenvalue weighted by molar-refractivity contribution is 5.96. The second kappa shape index (κ2) is 16.6. The first-order valence-electron chi connectivity index (χ1n) is 18.3. The van der Waals surface area contributed by atoms with E-state index in [-0.39, 0.29) is 30.3 Å². The Morgan fingerprint density at radius 2 is 1.43 bits per heavy atom. The van der Waals surface area contributed by atoms with Gasteiger partial charge < -0.3 is 35.6 Å². The zero-order chi connectivity index (χ0) is 41.1. The van der Waals surface area contributed by atoms with Crippen LogP contribution in [-0.2, 0) is 35.1 Å². The number of esters is 2. The van der Waals surface area contributed by atoms with E-state index in [2.05, 4.69) is 21.3 Å². The van der Waals surface area contributed by atoms with Gasteiger partial charge in [0, 0.05) is 19.5 Å². The van der Waals surface area contributed by atoms with Gasteiger partial charge in [-0.1, -0.05) is 67.5 Å². The molecule has 1 aromatic rings. The largest absolute Gasteiger partial charge is 0.465 e. The predicted octanol–water partition coefficient (Wildman–Crippen LogP) is 4.23. The number of amides is 5. The number of nitrogens with one attached hydrogen (secondary N) is 4. The van der Waals surface area contributed by atoms with Crippen molar-refractivity contribution in [1.29, 1.82) is 0 Å². The third kappa shape index (κ3) is 11.1. The molecule has 1 aliphatic carbocycles. The van der Waals surface area contributed by atoms with Crippen LogP contribution in [0.3, 0.4) is 0 Å². The van der Waals surface area contributed by atoms with E-state index >= 15 is 0 Å². The molecule has 5 amide bonds. The van der Waals surface area contributed by atoms with E-state index in [1.54, 1.807) is 86.6 Å². The average Bonchev–Trinajstić information content (AvgIpc) is 3.34. The Labute approximate surface area is 317 Å². The molecule has 1 aliphatic heterocycles. The van der Waals surface area contributed by atoms with Crippen molar-refractivity contribution in [1.82, 2.24) is 26.2 Å². The smallest absolute Gasteiger partial charge is 0.337 e. The van der Waals surface area contributed by atoms with Crippen LogP contribution in [0, 0.1) is 28.1 Å². The highest BCUT2D eigenvalue weighted by Crippen LogP contribution is 2.65. The molecule has 0 bridgehead atoms. The quantitative estimate of drug-likeness (QED) is 0.216. The lowest BCUT2D eigenvalue weighted by Gasteiger charge is -2.38. The lowest BCUT2D eigenvalue weighted by Crippen LogP contribution is -2.63. The summed E-state index contributed by atoms with van der Waals surface area (Å²) in [6, 6.07) is 0.844. The maximum atomic E-state index is 14.4. The van der Waals surface area contributed by atoms with Crippen LogP contribution in [0.5, 0.6) is 0 Å². The number of halogens is 2. The van der Waals surface area contributed by atoms with E-state index in [4.69, 9.17) is 9.47 Å². The van der Waals surface area contributed by atoms with Crippen molar-refractivity contribution in [3.8, 4) is 0 Å². The summed E-state index contributed by atoms with van der Waals surface area (Å²) in [5.74, 6) is -3.62. The van der Waals surface area contributed by atoms with Gasteiger partial charge in [0.25, 0.3) is 0 Å². The fourth-order valence-corrected chi connectivity index (χ4v) is 6.97. The first-order chi connectivity index (χ1) is 24.7. The van der Waals surface area contributed by atoms with Crippen LogP contribution in [0.1, 0.15) is 98.5 Å². The number of hydrogen-bond acceptors (Lipinski definition) is 8. The summed E-state index contributed by atoms with van der Waals surface area (Å²) >= 11 is 0. The summed E-state index contributed by atoms with van der Waals surface area (Å²) < 4.78 is 37.7. The highest BCUT2D eigenvalue weighted by Gasteiger charge is 2.70. The number of piperidine rings is 1. The number of ether oxygens (including phenoxy) is 2. The molecule has 1 saturated carbocycles. The fraction of sp³-hybridized carbons (Fsp3) is 0.692. The number of urea groups is 1. The Morgan fingerprint density at radius 3 is 1.93 bits per heavy atom. The van der Waals surface area contributed by atoms with E-state index in [1.165, 1.54) is 12.0 Å². The molecule has 0 radical (unpaired) electrons. The summed E-state index contributed by atoms with van der Waals surface area (Å²) in [7, 11) is 1.27. The SMILES string of the molecule is COC(=O)c1ccc(CCNC(=O)[C@H](CC(F)F)NC(=O)[C@@H]2C3[C@H](CN2C(=O)[C@@H](NC(=O)N[C@H](C(=O)OC(C)(C)C)C(C)(C)C)C(C)(C)C)C3(C)C)cc1. The van der Waals surface area contributed by atoms with Gasteiger partial charge in [0.05, 0.1) is 12.7 Å². The number of fused-ring (bicyclic) bond motifs is 1. The van der Waals surface area contributed by atoms with Gasteiger partial charge in [0.2, 0.25) is 24.1 Å². The molecular formula is C39H59F2N5O8. The first-order valence-corrected chi connectivity index (χ1v) is 18.3. The topological polar surface area (TPSA) is 172 Å². The molecule has 54 heavy (non-hydrogen) atoms. The van der Waals surface area contributed by atoms with Gasteiger partial charge in [-0.2, -0.15) is 0 Å². The minimum absolute atomic E-state index is 0.0722. The van der Waals surface area contributed by atoms with Crippen molar-refractivity contribution < 1.29 is 47.0 Å². The van der Waals surface area contributed by atoms with E-state index in [1.807, 2.05) is 13.8 Å². The van der Waals surface area contributed by atoms with Crippen molar-refractivity contribution in [2.45, 2.75) is 125 Å². The number of hydrogen-bond donors (Lipinski definition) is 4. The Bertz CT molecular complexity index is 1560. The molecule has 1 saturated heterocycles. The summed E-state index contributed by atoms with van der Waals surface area (Å²) in [6.45, 7) is 19.9. The zero-order valence-electron chi connectivity index (χ0n) is 33.6. The molecule has 302 valence electrons. The normalized spacial score (nSPS) is 20.9. The van der Waals surface area contributed by atoms with Gasteiger partial charge in [-0.05, 0) is 73.0 Å². The van der Waals surface area contributed by atoms with Crippen LogP contribution < -0.4 is 21.3 Å². The molecule has 6 atom stereocenters. The van der Waals surface area contributed by atoms with Crippen LogP contribution in [0.25, 0.3) is 0 Å². The minimum atomic E-state index is -2.91. The van der Waals surface area contributed by atoms with Gasteiger partial charge >= 0.3 is 18.0 Å². The number of carbonyl (C=O) groups excluding carboxylic acids is 6. The number of rotatable bonds is 13. The molecule has 1 heterocycles. The fourth-order valence-electron chi connectivity index (χ4n) is 6.97. The Morgan fingerprint density at radius 1 is 0.870 bits per heavy atom. The minimum Gasteiger partial charge on any atom is -0.465 e. The monoisotopic (exact) mass is 763 g/mol. The number of methoxy groups -OCH3 is 1. The predicted molar refractivity (Wildman–Crippen MR) is 197 cm³/mol. The molecule has 1 aromatic carbocycles. The highest BCUT2D eigenvalue weighted by atomic mass is 19.3. The van der Waals surface area contributed by atoms with E-state index < -0.39 is 89.1 Å². The molecule has 2 fully saturated rings. The van der Waals surface area contributed by atoms with E-state index in [0.29, 0.717) is 12.0 Å². The molecule has 13 nitrogen and oxygen atoms in total. The average molecular weight is 764 g/mol. The standard InChI is InChI=1S/C39H59F2N5O8/c1-36(2,3)28(44-35(52)45-29(37(4,5)6)34(51)54-38(7,8)9)32(49)46-20-23-26(39(23,10)11)27(46)31(48)43-24(19-25(40)41)30(47)42-18-17-21-13-15-22(16-14-21)33(50)53-12/h13-16,23-29H,17-20H2,1-12H3,(H,42,47)(H,43,48)(H2,44,45,52)/t23-,24-,26?,27-,28+,29+/m0/s1. The van der Waals surface area contributed by atoms with Crippen molar-refractivity contribution in [3.63, 3.8) is 0 Å². The summed E-state index contributed by atoms with van der Waals surface area (Å²) in [6.07, 6.45) is -3.53. The number of alkyl halides is 2. The van der Waals surface area contributed by atoms with Crippen molar-refractivity contribution in [3.05, 3.63) is 35.4 Å². The van der Waals surface area contributed by atoms with Crippen molar-refractivity contribution in [2.75, 3.05) is 20.2 Å². The molecular weight excluding hydrogens is 704 g/mol. The number of nitrogens with zero attached hydrogens (tertiary/aromatic N) is 1. The summed E-state index contributed by atoms with van der Waals surface area (Å²) in [5, 5.41) is 10.5. The van der Waals surface area contributed by atoms with Gasteiger partial charge in [0.15, 0.2) is 0 Å². The van der Waals surface area contributed by atoms with Crippen LogP contribution in [0.2, 0.25) is 0 Å². The number of benzene rings is 1. The van der Waals surface area contributed by atoms with Gasteiger partial charge in [-0.15, -0.1) is 0 Å². The van der Waals surface area contributed by atoms with Crippen molar-refractivity contribution >= 4 is 35.7 Å². The van der Waals surface area contributed by atoms with Gasteiger partial charge in [-0.25, -0.2) is 23.2 Å². The molecule has 3 rings (SSSR count). The van der Waals surface area contributed by atoms with Crippen LogP contribution >= 0.6 is 0 Å². The van der Waals surface area contributed by atoms with Crippen molar-refractivity contribution in [2.24, 2.45) is 28.1 Å². The van der Waals surface area contributed by atoms with Crippen LogP contribution in [-0.4, -0.2) is 97.0 Å².